The molecule has 0 aromatic heterocycles. The first-order valence-corrected chi connectivity index (χ1v) is 12.9. The van der Waals surface area contributed by atoms with E-state index in [-0.39, 0.29) is 17.7 Å². The Morgan fingerprint density at radius 3 is 2.56 bits per heavy atom. The van der Waals surface area contributed by atoms with Crippen LogP contribution in [-0.4, -0.2) is 94.1 Å². The van der Waals surface area contributed by atoms with Crippen LogP contribution in [0.5, 0.6) is 5.75 Å². The lowest BCUT2D eigenvalue weighted by molar-refractivity contribution is -0.271. The first-order valence-electron chi connectivity index (χ1n) is 11.5. The van der Waals surface area contributed by atoms with E-state index in [1.165, 1.54) is 6.07 Å². The molecule has 0 saturated carbocycles. The number of aliphatic carboxylic acids is 1. The Hall–Kier alpha value is -1.80. The number of hydrogen-bond acceptors (Lipinski definition) is 9. The predicted molar refractivity (Wildman–Crippen MR) is 117 cm³/mol. The topological polar surface area (TPSA) is 174 Å². The van der Waals surface area contributed by atoms with Gasteiger partial charge >= 0.3 is 5.97 Å². The van der Waals surface area contributed by atoms with Crippen LogP contribution < -0.4 is 4.74 Å². The smallest absolute Gasteiger partial charge is 0.335 e. The molecule has 2 fully saturated rings. The quantitative estimate of drug-likeness (QED) is 0.326. The van der Waals surface area contributed by atoms with Gasteiger partial charge in [0.15, 0.2) is 6.10 Å². The molecule has 0 bridgehead atoms. The number of carbonyl (C=O) groups is 1. The second-order valence-electron chi connectivity index (χ2n) is 9.27. The number of carboxylic acids is 1. The minimum absolute atomic E-state index is 0.202. The molecule has 190 valence electrons. The normalized spacial score (nSPS) is 34.2. The molecule has 11 nitrogen and oxygen atoms in total. The summed E-state index contributed by atoms with van der Waals surface area (Å²) < 4.78 is 45.6. The van der Waals surface area contributed by atoms with Gasteiger partial charge < -0.3 is 29.9 Å². The summed E-state index contributed by atoms with van der Waals surface area (Å²) in [5.41, 5.74) is 1.20. The van der Waals surface area contributed by atoms with Gasteiger partial charge in [-0.2, -0.15) is 8.42 Å². The molecule has 0 amide bonds. The van der Waals surface area contributed by atoms with Gasteiger partial charge in [0, 0.05) is 6.04 Å². The van der Waals surface area contributed by atoms with Crippen LogP contribution in [0.3, 0.4) is 0 Å². The second kappa shape index (κ2) is 9.69. The second-order valence-corrected chi connectivity index (χ2v) is 10.6. The van der Waals surface area contributed by atoms with Crippen LogP contribution >= 0.6 is 0 Å². The molecule has 0 spiro atoms. The number of likely N-dealkylation sites (tertiary alicyclic amines) is 1. The summed E-state index contributed by atoms with van der Waals surface area (Å²) >= 11 is 0. The molecule has 12 heteroatoms. The summed E-state index contributed by atoms with van der Waals surface area (Å²) in [7, 11) is -4.76. The largest absolute Gasteiger partial charge is 0.479 e. The van der Waals surface area contributed by atoms with Gasteiger partial charge in [0.25, 0.3) is 10.1 Å². The van der Waals surface area contributed by atoms with E-state index in [9.17, 15) is 38.2 Å². The van der Waals surface area contributed by atoms with Gasteiger partial charge in [-0.3, -0.25) is 9.45 Å². The molecule has 3 aliphatic rings. The minimum atomic E-state index is -4.76. The van der Waals surface area contributed by atoms with E-state index in [2.05, 4.69) is 11.8 Å². The fourth-order valence-electron chi connectivity index (χ4n) is 5.51. The highest BCUT2D eigenvalue weighted by atomic mass is 32.2. The summed E-state index contributed by atoms with van der Waals surface area (Å²) in [6.07, 6.45) is -5.39. The van der Waals surface area contributed by atoms with E-state index >= 15 is 0 Å². The lowest BCUT2D eigenvalue weighted by Gasteiger charge is -2.45. The average molecular weight is 502 g/mol. The number of aliphatic hydroxyl groups is 3. The first kappa shape index (κ1) is 25.3. The Kier molecular flexibility index (Phi) is 7.21. The zero-order valence-corrected chi connectivity index (χ0v) is 19.6. The first-order chi connectivity index (χ1) is 16.0. The van der Waals surface area contributed by atoms with E-state index in [4.69, 9.17) is 9.47 Å². The highest BCUT2D eigenvalue weighted by Crippen LogP contribution is 2.41. The third-order valence-electron chi connectivity index (χ3n) is 7.08. The Balaban J connectivity index is 1.69. The van der Waals surface area contributed by atoms with Crippen molar-refractivity contribution in [1.82, 2.24) is 4.90 Å². The van der Waals surface area contributed by atoms with Gasteiger partial charge in [-0.05, 0) is 68.3 Å². The third-order valence-corrected chi connectivity index (χ3v) is 8.04. The van der Waals surface area contributed by atoms with Crippen LogP contribution in [0.25, 0.3) is 0 Å². The Bertz CT molecular complexity index is 1030. The van der Waals surface area contributed by atoms with Crippen LogP contribution in [0, 0.1) is 5.92 Å². The predicted octanol–water partition coefficient (Wildman–Crippen LogP) is -0.206. The maximum atomic E-state index is 12.4. The fourth-order valence-corrected chi connectivity index (χ4v) is 6.41. The molecule has 1 aromatic rings. The average Bonchev–Trinajstić information content (AvgIpc) is 2.77. The molecule has 1 aromatic carbocycles. The van der Waals surface area contributed by atoms with Crippen LogP contribution in [-0.2, 0) is 32.5 Å². The van der Waals surface area contributed by atoms with Crippen molar-refractivity contribution >= 4 is 16.1 Å². The number of benzene rings is 1. The van der Waals surface area contributed by atoms with Crippen molar-refractivity contribution in [3.63, 3.8) is 0 Å². The molecule has 2 heterocycles. The molecule has 7 atom stereocenters. The minimum Gasteiger partial charge on any atom is -0.479 e. The molecule has 2 unspecified atom stereocenters. The van der Waals surface area contributed by atoms with Crippen LogP contribution in [0.4, 0.5) is 0 Å². The van der Waals surface area contributed by atoms with Gasteiger partial charge in [-0.15, -0.1) is 0 Å². The van der Waals surface area contributed by atoms with Crippen LogP contribution in [0.2, 0.25) is 0 Å². The summed E-state index contributed by atoms with van der Waals surface area (Å²) in [4.78, 5) is 13.4. The SMILES string of the molecule is CCCN1CCC[C@@H]2Cc3c(ccc(O[C@@H]4OC(C(=O)O)[C@@H](O)[C@H](O)[C@H]4O)c3S(=O)(=O)O)CC21. The summed E-state index contributed by atoms with van der Waals surface area (Å²) in [5.74, 6) is -1.71. The molecule has 1 aliphatic carbocycles. The number of rotatable bonds is 6. The summed E-state index contributed by atoms with van der Waals surface area (Å²) in [6, 6.07) is 3.31. The zero-order chi connectivity index (χ0) is 24.8. The van der Waals surface area contributed by atoms with Gasteiger partial charge in [0.2, 0.25) is 6.29 Å². The number of carboxylic acid groups (broad SMARTS) is 1. The highest BCUT2D eigenvalue weighted by Gasteiger charge is 2.48. The van der Waals surface area contributed by atoms with E-state index in [1.807, 2.05) is 0 Å². The number of piperidine rings is 1. The molecule has 0 radical (unpaired) electrons. The highest BCUT2D eigenvalue weighted by molar-refractivity contribution is 7.86. The molecular weight excluding hydrogens is 470 g/mol. The number of nitrogens with zero attached hydrogens (tertiary/aromatic N) is 1. The Morgan fingerprint density at radius 1 is 1.18 bits per heavy atom. The lowest BCUT2D eigenvalue weighted by Crippen LogP contribution is -2.61. The molecule has 2 aliphatic heterocycles. The van der Waals surface area contributed by atoms with Crippen molar-refractivity contribution in [3.8, 4) is 5.75 Å². The maximum absolute atomic E-state index is 12.4. The zero-order valence-electron chi connectivity index (χ0n) is 18.8. The van der Waals surface area contributed by atoms with Gasteiger partial charge in [-0.25, -0.2) is 4.79 Å². The van der Waals surface area contributed by atoms with Crippen LogP contribution in [0.1, 0.15) is 37.3 Å². The molecule has 5 N–H and O–H groups in total. The van der Waals surface area contributed by atoms with E-state index in [1.54, 1.807) is 6.07 Å². The maximum Gasteiger partial charge on any atom is 0.335 e. The molecular formula is C22H31NO10S. The molecule has 2 saturated heterocycles. The third kappa shape index (κ3) is 4.68. The Morgan fingerprint density at radius 2 is 1.91 bits per heavy atom. The van der Waals surface area contributed by atoms with Crippen molar-refractivity contribution in [2.24, 2.45) is 5.92 Å². The van der Waals surface area contributed by atoms with E-state index < -0.39 is 51.7 Å². The van der Waals surface area contributed by atoms with Crippen molar-refractivity contribution in [3.05, 3.63) is 23.3 Å². The van der Waals surface area contributed by atoms with Crippen molar-refractivity contribution in [1.29, 1.82) is 0 Å². The monoisotopic (exact) mass is 501 g/mol. The number of ether oxygens (including phenoxy) is 2. The lowest BCUT2D eigenvalue weighted by atomic mass is 9.75. The van der Waals surface area contributed by atoms with Crippen molar-refractivity contribution < 1.29 is 47.7 Å². The summed E-state index contributed by atoms with van der Waals surface area (Å²) in [5, 5.41) is 39.4. The van der Waals surface area contributed by atoms with Crippen molar-refractivity contribution in [2.45, 2.75) is 80.7 Å². The molecule has 4 rings (SSSR count). The fraction of sp³-hybridized carbons (Fsp3) is 0.682. The van der Waals surface area contributed by atoms with E-state index in [0.29, 0.717) is 18.4 Å². The Labute approximate surface area is 197 Å². The van der Waals surface area contributed by atoms with E-state index in [0.717, 1.165) is 37.9 Å². The number of aliphatic hydroxyl groups excluding tert-OH is 3. The molecule has 34 heavy (non-hydrogen) atoms. The van der Waals surface area contributed by atoms with Crippen LogP contribution in [0.15, 0.2) is 17.0 Å². The van der Waals surface area contributed by atoms with Crippen molar-refractivity contribution in [2.75, 3.05) is 13.1 Å². The standard InChI is InChI=1S/C22H31NO10S/c1-2-7-23-8-3-4-12-9-13-11(10-14(12)23)5-6-15(20(13)34(29,30)31)32-22-18(26)16(24)17(25)19(33-22)21(27)28/h5-6,12,14,16-19,22,24-26H,2-4,7-10H2,1H3,(H,27,28)(H,29,30,31)/t12-,14?,16+,17+,18-,19?,22-/m1/s1. The number of fused-ring (bicyclic) bond motifs is 2. The van der Waals surface area contributed by atoms with Gasteiger partial charge in [0.1, 0.15) is 29.0 Å². The number of hydrogen-bond donors (Lipinski definition) is 5. The van der Waals surface area contributed by atoms with Gasteiger partial charge in [-0.1, -0.05) is 13.0 Å². The summed E-state index contributed by atoms with van der Waals surface area (Å²) in [6.45, 7) is 4.07. The van der Waals surface area contributed by atoms with Gasteiger partial charge in [0.05, 0.1) is 0 Å².